The molecule has 0 saturated heterocycles. The summed E-state index contributed by atoms with van der Waals surface area (Å²) in [5.74, 6) is 0.214. The Morgan fingerprint density at radius 2 is 2.06 bits per heavy atom. The lowest BCUT2D eigenvalue weighted by Crippen LogP contribution is -2.47. The van der Waals surface area contributed by atoms with E-state index in [9.17, 15) is 14.3 Å². The number of aliphatic hydroxyl groups excluding tert-OH is 1. The number of carbonyl (C=O) groups is 1. The first-order valence-corrected chi connectivity index (χ1v) is 10.8. The number of ether oxygens (including phenoxy) is 2. The third kappa shape index (κ3) is 4.71. The first-order valence-electron chi connectivity index (χ1n) is 10.8. The van der Waals surface area contributed by atoms with Gasteiger partial charge in [0.1, 0.15) is 22.8 Å². The van der Waals surface area contributed by atoms with Gasteiger partial charge in [-0.1, -0.05) is 6.08 Å². The van der Waals surface area contributed by atoms with Gasteiger partial charge in [-0.25, -0.2) is 14.2 Å². The normalized spacial score (nSPS) is 16.6. The van der Waals surface area contributed by atoms with Crippen LogP contribution in [0.1, 0.15) is 32.9 Å². The predicted octanol–water partition coefficient (Wildman–Crippen LogP) is 4.76. The highest BCUT2D eigenvalue weighted by atomic mass is 19.1. The maximum atomic E-state index is 14.0. The first-order chi connectivity index (χ1) is 15.7. The Kier molecular flexibility index (Phi) is 6.12. The topological polar surface area (TPSA) is 87.7 Å². The van der Waals surface area contributed by atoms with Crippen LogP contribution in [0.4, 0.5) is 9.18 Å². The fraction of sp³-hybridized carbons (Fsp3) is 0.360. The molecule has 1 aromatic carbocycles. The lowest BCUT2D eigenvalue weighted by atomic mass is 9.97. The first kappa shape index (κ1) is 22.8. The number of nitrogens with zero attached hydrogens (tertiary/aromatic N) is 2. The predicted molar refractivity (Wildman–Crippen MR) is 124 cm³/mol. The Bertz CT molecular complexity index is 1210. The van der Waals surface area contributed by atoms with Crippen molar-refractivity contribution >= 4 is 22.7 Å². The van der Waals surface area contributed by atoms with Crippen LogP contribution in [0, 0.1) is 5.82 Å². The molecule has 2 aromatic heterocycles. The summed E-state index contributed by atoms with van der Waals surface area (Å²) in [7, 11) is 1.55. The van der Waals surface area contributed by atoms with Gasteiger partial charge >= 0.3 is 6.09 Å². The summed E-state index contributed by atoms with van der Waals surface area (Å²) in [5.41, 5.74) is 3.27. The molecule has 2 N–H and O–H groups in total. The zero-order valence-electron chi connectivity index (χ0n) is 19.2. The number of aliphatic hydroxyl groups is 1. The Balaban J connectivity index is 1.69. The monoisotopic (exact) mass is 453 g/mol. The number of pyridine rings is 1. The van der Waals surface area contributed by atoms with Crippen LogP contribution in [0.2, 0.25) is 0 Å². The van der Waals surface area contributed by atoms with E-state index in [0.717, 1.165) is 22.2 Å². The minimum absolute atomic E-state index is 0.180. The molecule has 0 aliphatic carbocycles. The van der Waals surface area contributed by atoms with E-state index in [-0.39, 0.29) is 12.4 Å². The van der Waals surface area contributed by atoms with Gasteiger partial charge < -0.3 is 19.6 Å². The number of H-pyrrole nitrogens is 1. The van der Waals surface area contributed by atoms with Crippen LogP contribution < -0.4 is 4.74 Å². The molecule has 8 heteroatoms. The van der Waals surface area contributed by atoms with Crippen molar-refractivity contribution in [2.24, 2.45) is 0 Å². The molecule has 174 valence electrons. The van der Waals surface area contributed by atoms with Gasteiger partial charge in [-0.05, 0) is 68.7 Å². The van der Waals surface area contributed by atoms with Crippen molar-refractivity contribution in [1.29, 1.82) is 0 Å². The average molecular weight is 454 g/mol. The third-order valence-corrected chi connectivity index (χ3v) is 5.60. The molecule has 0 saturated carbocycles. The highest BCUT2D eigenvalue weighted by Gasteiger charge is 2.31. The number of rotatable bonds is 4. The Morgan fingerprint density at radius 3 is 2.76 bits per heavy atom. The maximum absolute atomic E-state index is 14.0. The van der Waals surface area contributed by atoms with Crippen LogP contribution >= 0.6 is 0 Å². The number of hydrogen-bond acceptors (Lipinski definition) is 5. The molecular formula is C25H28FN3O4. The van der Waals surface area contributed by atoms with E-state index in [1.807, 2.05) is 39.0 Å². The number of amides is 1. The van der Waals surface area contributed by atoms with E-state index in [0.29, 0.717) is 29.9 Å². The van der Waals surface area contributed by atoms with Crippen molar-refractivity contribution in [1.82, 2.24) is 14.9 Å². The highest BCUT2D eigenvalue weighted by molar-refractivity contribution is 5.96. The molecule has 1 unspecified atom stereocenters. The van der Waals surface area contributed by atoms with Crippen LogP contribution in [0.15, 0.2) is 42.6 Å². The van der Waals surface area contributed by atoms with E-state index in [2.05, 4.69) is 9.97 Å². The van der Waals surface area contributed by atoms with Gasteiger partial charge in [-0.2, -0.15) is 0 Å². The Labute approximate surface area is 191 Å². The largest absolute Gasteiger partial charge is 0.496 e. The van der Waals surface area contributed by atoms with Crippen LogP contribution in [-0.4, -0.2) is 58.0 Å². The summed E-state index contributed by atoms with van der Waals surface area (Å²) in [5, 5.41) is 10.8. The van der Waals surface area contributed by atoms with Crippen LogP contribution in [0.5, 0.6) is 5.75 Å². The van der Waals surface area contributed by atoms with Gasteiger partial charge in [0.05, 0.1) is 19.8 Å². The number of aromatic amines is 1. The molecule has 3 aromatic rings. The number of halogens is 1. The summed E-state index contributed by atoms with van der Waals surface area (Å²) in [6, 6.07) is 7.80. The van der Waals surface area contributed by atoms with Crippen molar-refractivity contribution in [2.45, 2.75) is 38.8 Å². The minimum Gasteiger partial charge on any atom is -0.496 e. The number of methoxy groups -OCH3 is 1. The van der Waals surface area contributed by atoms with Crippen molar-refractivity contribution < 1.29 is 23.8 Å². The fourth-order valence-corrected chi connectivity index (χ4v) is 4.06. The second-order valence-corrected chi connectivity index (χ2v) is 9.05. The van der Waals surface area contributed by atoms with Crippen LogP contribution in [0.3, 0.4) is 0 Å². The minimum atomic E-state index is -0.613. The van der Waals surface area contributed by atoms with Crippen molar-refractivity contribution in [3.8, 4) is 16.9 Å². The lowest BCUT2D eigenvalue weighted by molar-refractivity contribution is 0.0119. The SMILES string of the molecule is COc1ccc(F)cc1-c1ccnc2[nH]c(C3=CCN(C(=O)OC(C)(C)C)C(CO)C3)cc12. The molecule has 33 heavy (non-hydrogen) atoms. The number of fused-ring (bicyclic) bond motifs is 1. The van der Waals surface area contributed by atoms with E-state index in [1.165, 1.54) is 12.1 Å². The fourth-order valence-electron chi connectivity index (χ4n) is 4.06. The molecular weight excluding hydrogens is 425 g/mol. The second-order valence-electron chi connectivity index (χ2n) is 9.05. The zero-order chi connectivity index (χ0) is 23.8. The summed E-state index contributed by atoms with van der Waals surface area (Å²) < 4.78 is 24.9. The lowest BCUT2D eigenvalue weighted by Gasteiger charge is -2.35. The Morgan fingerprint density at radius 1 is 1.27 bits per heavy atom. The number of aromatic nitrogens is 2. The van der Waals surface area contributed by atoms with Crippen molar-refractivity contribution in [3.63, 3.8) is 0 Å². The van der Waals surface area contributed by atoms with Gasteiger partial charge in [-0.3, -0.25) is 4.90 Å². The zero-order valence-corrected chi connectivity index (χ0v) is 19.2. The summed E-state index contributed by atoms with van der Waals surface area (Å²) in [6.07, 6.45) is 3.62. The van der Waals surface area contributed by atoms with Crippen LogP contribution in [0.25, 0.3) is 27.7 Å². The van der Waals surface area contributed by atoms with Gasteiger partial charge in [0.2, 0.25) is 0 Å². The quantitative estimate of drug-likeness (QED) is 0.595. The summed E-state index contributed by atoms with van der Waals surface area (Å²) in [4.78, 5) is 21.9. The molecule has 0 spiro atoms. The molecule has 0 radical (unpaired) electrons. The molecule has 1 atom stereocenters. The molecule has 4 rings (SSSR count). The summed E-state index contributed by atoms with van der Waals surface area (Å²) in [6.45, 7) is 5.58. The van der Waals surface area contributed by atoms with E-state index in [4.69, 9.17) is 9.47 Å². The smallest absolute Gasteiger partial charge is 0.410 e. The molecule has 1 aliphatic heterocycles. The van der Waals surface area contributed by atoms with Gasteiger partial charge in [0.25, 0.3) is 0 Å². The van der Waals surface area contributed by atoms with Crippen molar-refractivity contribution in [3.05, 3.63) is 54.1 Å². The molecule has 0 fully saturated rings. The molecule has 0 bridgehead atoms. The molecule has 1 aliphatic rings. The van der Waals surface area contributed by atoms with Crippen molar-refractivity contribution in [2.75, 3.05) is 20.3 Å². The van der Waals surface area contributed by atoms with Gasteiger partial charge in [-0.15, -0.1) is 0 Å². The number of hydrogen-bond donors (Lipinski definition) is 2. The van der Waals surface area contributed by atoms with E-state index in [1.54, 1.807) is 24.3 Å². The average Bonchev–Trinajstić information content (AvgIpc) is 3.22. The number of benzene rings is 1. The standard InChI is InChI=1S/C25H28FN3O4/c1-25(2,3)33-24(31)29-10-8-15(11-17(29)14-30)21-13-20-18(7-9-27-23(20)28-21)19-12-16(26)5-6-22(19)32-4/h5-9,12-13,17,30H,10-11,14H2,1-4H3,(H,27,28). The highest BCUT2D eigenvalue weighted by Crippen LogP contribution is 2.37. The van der Waals surface area contributed by atoms with E-state index < -0.39 is 17.7 Å². The number of nitrogens with one attached hydrogen (secondary N) is 1. The molecule has 1 amide bonds. The second kappa shape index (κ2) is 8.86. The molecule has 3 heterocycles. The summed E-state index contributed by atoms with van der Waals surface area (Å²) >= 11 is 0. The van der Waals surface area contributed by atoms with Gasteiger partial charge in [0, 0.05) is 29.4 Å². The third-order valence-electron chi connectivity index (χ3n) is 5.60. The van der Waals surface area contributed by atoms with Gasteiger partial charge in [0.15, 0.2) is 0 Å². The van der Waals surface area contributed by atoms with Crippen LogP contribution in [-0.2, 0) is 4.74 Å². The Hall–Kier alpha value is -3.39. The molecule has 7 nitrogen and oxygen atoms in total. The van der Waals surface area contributed by atoms with E-state index >= 15 is 0 Å². The maximum Gasteiger partial charge on any atom is 0.410 e. The number of carbonyl (C=O) groups excluding carboxylic acids is 1.